The molecule has 1 atom stereocenters. The van der Waals surface area contributed by atoms with Crippen molar-refractivity contribution in [3.05, 3.63) is 0 Å². The van der Waals surface area contributed by atoms with Gasteiger partial charge in [0.25, 0.3) is 0 Å². The number of nitrogens with one attached hydrogen (secondary N) is 1. The maximum absolute atomic E-state index is 5.22. The van der Waals surface area contributed by atoms with Gasteiger partial charge in [0.05, 0.1) is 4.99 Å². The van der Waals surface area contributed by atoms with Crippen LogP contribution >= 0.6 is 12.2 Å². The minimum absolute atomic E-state index is 0.592. The largest absolute Gasteiger partial charge is 0.377 e. The molecule has 2 heteroatoms. The van der Waals surface area contributed by atoms with E-state index in [1.807, 2.05) is 6.92 Å². The van der Waals surface area contributed by atoms with E-state index >= 15 is 0 Å². The van der Waals surface area contributed by atoms with Crippen LogP contribution in [-0.4, -0.2) is 11.0 Å². The molecule has 16 heavy (non-hydrogen) atoms. The highest BCUT2D eigenvalue weighted by atomic mass is 32.1. The third-order valence-corrected chi connectivity index (χ3v) is 5.54. The molecule has 0 spiro atoms. The summed E-state index contributed by atoms with van der Waals surface area (Å²) in [7, 11) is 0. The van der Waals surface area contributed by atoms with E-state index in [4.69, 9.17) is 12.2 Å². The maximum atomic E-state index is 5.22. The van der Waals surface area contributed by atoms with Gasteiger partial charge >= 0.3 is 0 Å². The maximum Gasteiger partial charge on any atom is 0.0724 e. The van der Waals surface area contributed by atoms with E-state index in [2.05, 4.69) is 12.2 Å². The fraction of sp³-hybridized carbons (Fsp3) is 0.929. The molecule has 4 saturated carbocycles. The molecule has 0 aromatic rings. The zero-order valence-electron chi connectivity index (χ0n) is 10.5. The first kappa shape index (κ1) is 11.0. The number of hydrogen-bond donors (Lipinski definition) is 1. The number of hydrogen-bond acceptors (Lipinski definition) is 1. The van der Waals surface area contributed by atoms with Crippen LogP contribution in [0.5, 0.6) is 0 Å². The Morgan fingerprint density at radius 2 is 1.56 bits per heavy atom. The van der Waals surface area contributed by atoms with Gasteiger partial charge in [0, 0.05) is 6.04 Å². The molecule has 0 aliphatic heterocycles. The van der Waals surface area contributed by atoms with E-state index in [0.717, 1.165) is 22.7 Å². The molecule has 1 nitrogen and oxygen atoms in total. The van der Waals surface area contributed by atoms with Crippen LogP contribution in [0.15, 0.2) is 0 Å². The van der Waals surface area contributed by atoms with Crippen LogP contribution in [0, 0.1) is 23.2 Å². The Hall–Kier alpha value is -0.110. The highest BCUT2D eigenvalue weighted by molar-refractivity contribution is 7.80. The van der Waals surface area contributed by atoms with E-state index in [-0.39, 0.29) is 0 Å². The van der Waals surface area contributed by atoms with Crippen molar-refractivity contribution in [2.75, 3.05) is 0 Å². The van der Waals surface area contributed by atoms with Crippen molar-refractivity contribution in [1.29, 1.82) is 0 Å². The summed E-state index contributed by atoms with van der Waals surface area (Å²) >= 11 is 5.22. The van der Waals surface area contributed by atoms with E-state index < -0.39 is 0 Å². The summed E-state index contributed by atoms with van der Waals surface area (Å²) in [6.07, 6.45) is 9.00. The number of thiocarbonyl (C=S) groups is 1. The van der Waals surface area contributed by atoms with Crippen molar-refractivity contribution >= 4 is 17.2 Å². The van der Waals surface area contributed by atoms with Gasteiger partial charge in [-0.05, 0) is 75.5 Å². The molecule has 0 heterocycles. The Bertz CT molecular complexity index is 275. The van der Waals surface area contributed by atoms with Gasteiger partial charge in [0.1, 0.15) is 0 Å². The normalized spacial score (nSPS) is 46.8. The van der Waals surface area contributed by atoms with Crippen LogP contribution in [0.1, 0.15) is 52.4 Å². The second-order valence-corrected chi connectivity index (χ2v) is 7.31. The lowest BCUT2D eigenvalue weighted by atomic mass is 9.48. The Morgan fingerprint density at radius 3 is 1.94 bits per heavy atom. The molecule has 4 bridgehead atoms. The van der Waals surface area contributed by atoms with Crippen LogP contribution in [0.2, 0.25) is 0 Å². The van der Waals surface area contributed by atoms with Crippen molar-refractivity contribution < 1.29 is 0 Å². The molecular weight excluding hydrogens is 214 g/mol. The van der Waals surface area contributed by atoms with Crippen molar-refractivity contribution in [3.63, 3.8) is 0 Å². The summed E-state index contributed by atoms with van der Waals surface area (Å²) in [5, 5.41) is 3.53. The predicted octanol–water partition coefficient (Wildman–Crippen LogP) is 3.53. The molecule has 1 N–H and O–H groups in total. The van der Waals surface area contributed by atoms with E-state index in [0.29, 0.717) is 11.5 Å². The van der Waals surface area contributed by atoms with Crippen LogP contribution < -0.4 is 5.32 Å². The first-order chi connectivity index (χ1) is 7.57. The van der Waals surface area contributed by atoms with Crippen LogP contribution in [0.3, 0.4) is 0 Å². The van der Waals surface area contributed by atoms with Gasteiger partial charge in [-0.15, -0.1) is 0 Å². The molecule has 0 radical (unpaired) electrons. The Kier molecular flexibility index (Phi) is 2.54. The smallest absolute Gasteiger partial charge is 0.0724 e. The summed E-state index contributed by atoms with van der Waals surface area (Å²) in [5.41, 5.74) is 0.592. The van der Waals surface area contributed by atoms with E-state index in [9.17, 15) is 0 Å². The first-order valence-electron chi connectivity index (χ1n) is 6.84. The van der Waals surface area contributed by atoms with Gasteiger partial charge in [-0.25, -0.2) is 0 Å². The third-order valence-electron chi connectivity index (χ3n) is 5.42. The minimum Gasteiger partial charge on any atom is -0.377 e. The summed E-state index contributed by atoms with van der Waals surface area (Å²) in [5.74, 6) is 3.13. The Morgan fingerprint density at radius 1 is 1.12 bits per heavy atom. The topological polar surface area (TPSA) is 12.0 Å². The molecular formula is C14H23NS. The van der Waals surface area contributed by atoms with Crippen molar-refractivity contribution in [1.82, 2.24) is 5.32 Å². The molecule has 4 rings (SSSR count). The lowest BCUT2D eigenvalue weighted by Gasteiger charge is -2.59. The zero-order chi connectivity index (χ0) is 11.3. The SMILES string of the molecule is CC(=S)N[C@@H](C)C12CC3CC(CC(C3)C1)C2. The summed E-state index contributed by atoms with van der Waals surface area (Å²) < 4.78 is 0. The van der Waals surface area contributed by atoms with E-state index in [1.54, 1.807) is 0 Å². The lowest BCUT2D eigenvalue weighted by Crippen LogP contribution is -2.55. The van der Waals surface area contributed by atoms with Gasteiger partial charge in [0.2, 0.25) is 0 Å². The van der Waals surface area contributed by atoms with Gasteiger partial charge in [-0.3, -0.25) is 0 Å². The van der Waals surface area contributed by atoms with E-state index in [1.165, 1.54) is 38.5 Å². The Balaban J connectivity index is 1.80. The van der Waals surface area contributed by atoms with Gasteiger partial charge < -0.3 is 5.32 Å². The average Bonchev–Trinajstić information content (AvgIpc) is 2.13. The quantitative estimate of drug-likeness (QED) is 0.737. The second-order valence-electron chi connectivity index (χ2n) is 6.70. The van der Waals surface area contributed by atoms with Crippen molar-refractivity contribution in [2.24, 2.45) is 23.2 Å². The monoisotopic (exact) mass is 237 g/mol. The predicted molar refractivity (Wildman–Crippen MR) is 71.5 cm³/mol. The highest BCUT2D eigenvalue weighted by Gasteiger charge is 2.53. The van der Waals surface area contributed by atoms with Crippen LogP contribution in [0.25, 0.3) is 0 Å². The molecule has 0 amide bonds. The molecule has 4 aliphatic rings. The fourth-order valence-corrected chi connectivity index (χ4v) is 5.34. The zero-order valence-corrected chi connectivity index (χ0v) is 11.3. The van der Waals surface area contributed by atoms with Crippen molar-refractivity contribution in [2.45, 2.75) is 58.4 Å². The molecule has 90 valence electrons. The third kappa shape index (κ3) is 1.70. The standard InChI is InChI=1S/C14H23NS/c1-9(15-10(2)16)14-6-11-3-12(7-14)5-13(4-11)8-14/h9,11-13H,3-8H2,1-2H3,(H,15,16)/t9-,11?,12?,13?,14?/m0/s1. The van der Waals surface area contributed by atoms with Crippen molar-refractivity contribution in [3.8, 4) is 0 Å². The van der Waals surface area contributed by atoms with Gasteiger partial charge in [0.15, 0.2) is 0 Å². The molecule has 0 saturated heterocycles. The molecule has 4 aliphatic carbocycles. The van der Waals surface area contributed by atoms with Crippen LogP contribution in [-0.2, 0) is 0 Å². The molecule has 0 unspecified atom stereocenters. The first-order valence-corrected chi connectivity index (χ1v) is 7.25. The summed E-state index contributed by atoms with van der Waals surface area (Å²) in [6.45, 7) is 4.38. The number of rotatable bonds is 2. The fourth-order valence-electron chi connectivity index (χ4n) is 5.17. The average molecular weight is 237 g/mol. The second kappa shape index (κ2) is 3.69. The van der Waals surface area contributed by atoms with Gasteiger partial charge in [-0.1, -0.05) is 12.2 Å². The molecule has 0 aromatic carbocycles. The molecule has 4 fully saturated rings. The summed E-state index contributed by atoms with van der Waals surface area (Å²) in [6, 6.07) is 0.596. The summed E-state index contributed by atoms with van der Waals surface area (Å²) in [4.78, 5) is 0.975. The minimum atomic E-state index is 0.592. The highest BCUT2D eigenvalue weighted by Crippen LogP contribution is 2.61. The van der Waals surface area contributed by atoms with Crippen LogP contribution in [0.4, 0.5) is 0 Å². The Labute approximate surface area is 104 Å². The van der Waals surface area contributed by atoms with Gasteiger partial charge in [-0.2, -0.15) is 0 Å². The lowest BCUT2D eigenvalue weighted by molar-refractivity contribution is -0.0671. The molecule has 0 aromatic heterocycles.